The normalized spacial score (nSPS) is 14.9. The summed E-state index contributed by atoms with van der Waals surface area (Å²) in [6.45, 7) is 11.3. The Balaban J connectivity index is 1.34. The summed E-state index contributed by atoms with van der Waals surface area (Å²) in [5, 5.41) is 3.04. The van der Waals surface area contributed by atoms with E-state index in [1.165, 1.54) is 16.8 Å². The van der Waals surface area contributed by atoms with Gasteiger partial charge in [0.2, 0.25) is 0 Å². The van der Waals surface area contributed by atoms with Crippen molar-refractivity contribution in [3.8, 4) is 5.75 Å². The smallest absolute Gasteiger partial charge is 0.267 e. The molecule has 3 N–H and O–H groups in total. The van der Waals surface area contributed by atoms with Crippen LogP contribution >= 0.6 is 0 Å². The zero-order chi connectivity index (χ0) is 29.5. The molecular formula is C32H42N6O3. The summed E-state index contributed by atoms with van der Waals surface area (Å²) in [6.07, 6.45) is 6.77. The van der Waals surface area contributed by atoms with E-state index in [9.17, 15) is 9.59 Å². The van der Waals surface area contributed by atoms with Crippen molar-refractivity contribution in [3.63, 3.8) is 0 Å². The molecule has 2 aromatic heterocycles. The van der Waals surface area contributed by atoms with E-state index in [-0.39, 0.29) is 11.6 Å². The topological polar surface area (TPSA) is 114 Å². The largest absolute Gasteiger partial charge is 0.497 e. The number of carbonyl (C=O) groups is 2. The predicted octanol–water partition coefficient (Wildman–Crippen LogP) is 4.19. The highest BCUT2D eigenvalue weighted by atomic mass is 16.5. The van der Waals surface area contributed by atoms with Gasteiger partial charge in [-0.15, -0.1) is 0 Å². The van der Waals surface area contributed by atoms with Crippen molar-refractivity contribution >= 4 is 17.5 Å². The highest BCUT2D eigenvalue weighted by molar-refractivity contribution is 5.98. The fraction of sp³-hybridized carbons (Fsp3) is 0.438. The number of aromatic nitrogens is 2. The Hall–Kier alpha value is -3.98. The molecule has 1 saturated heterocycles. The lowest BCUT2D eigenvalue weighted by molar-refractivity contribution is 0.0940. The maximum Gasteiger partial charge on any atom is 0.267 e. The molecule has 3 heterocycles. The van der Waals surface area contributed by atoms with E-state index in [2.05, 4.69) is 57.1 Å². The molecule has 0 unspecified atom stereocenters. The zero-order valence-corrected chi connectivity index (χ0v) is 24.8. The summed E-state index contributed by atoms with van der Waals surface area (Å²) in [5.41, 5.74) is 10.9. The van der Waals surface area contributed by atoms with Crippen molar-refractivity contribution < 1.29 is 14.3 Å². The van der Waals surface area contributed by atoms with E-state index in [0.717, 1.165) is 44.6 Å². The quantitative estimate of drug-likeness (QED) is 0.363. The van der Waals surface area contributed by atoms with Crippen LogP contribution in [-0.4, -0.2) is 65.5 Å². The van der Waals surface area contributed by atoms with Crippen LogP contribution < -0.4 is 20.7 Å². The number of rotatable bonds is 11. The number of piperidine rings is 1. The molecule has 1 atom stereocenters. The number of pyridine rings is 2. The van der Waals surface area contributed by atoms with E-state index in [4.69, 9.17) is 10.5 Å². The van der Waals surface area contributed by atoms with Gasteiger partial charge >= 0.3 is 0 Å². The zero-order valence-electron chi connectivity index (χ0n) is 24.8. The monoisotopic (exact) mass is 558 g/mol. The molecule has 1 aromatic carbocycles. The lowest BCUT2D eigenvalue weighted by Gasteiger charge is -2.42. The van der Waals surface area contributed by atoms with E-state index in [1.807, 2.05) is 24.5 Å². The SMILES string of the molecule is COc1ccc(N(Cc2cnccc2C)C2CCN([C@H](C)CCNC(=O)c3c(C)cc(C(N)=O)nc3C)CC2)cc1. The second-order valence-corrected chi connectivity index (χ2v) is 10.9. The number of amides is 2. The van der Waals surface area contributed by atoms with Gasteiger partial charge in [0, 0.05) is 56.3 Å². The predicted molar refractivity (Wildman–Crippen MR) is 161 cm³/mol. The van der Waals surface area contributed by atoms with Crippen molar-refractivity contribution in [2.45, 2.75) is 65.6 Å². The number of anilines is 1. The molecule has 1 fully saturated rings. The maximum atomic E-state index is 12.9. The first-order chi connectivity index (χ1) is 19.7. The molecule has 2 amide bonds. The Morgan fingerprint density at radius 1 is 1.12 bits per heavy atom. The summed E-state index contributed by atoms with van der Waals surface area (Å²) in [7, 11) is 1.69. The van der Waals surface area contributed by atoms with E-state index in [1.54, 1.807) is 27.0 Å². The second-order valence-electron chi connectivity index (χ2n) is 10.9. The Labute approximate surface area is 243 Å². The highest BCUT2D eigenvalue weighted by Gasteiger charge is 2.28. The Bertz CT molecular complexity index is 1330. The number of primary amides is 1. The number of nitrogens with two attached hydrogens (primary N) is 1. The average Bonchev–Trinajstić information content (AvgIpc) is 2.96. The minimum atomic E-state index is -0.597. The van der Waals surface area contributed by atoms with Crippen molar-refractivity contribution in [2.75, 3.05) is 31.6 Å². The van der Waals surface area contributed by atoms with Gasteiger partial charge in [0.1, 0.15) is 11.4 Å². The van der Waals surface area contributed by atoms with Crippen LogP contribution in [0.5, 0.6) is 5.75 Å². The first kappa shape index (κ1) is 30.0. The van der Waals surface area contributed by atoms with Gasteiger partial charge in [0.05, 0.1) is 18.4 Å². The molecule has 1 aliphatic heterocycles. The number of methoxy groups -OCH3 is 1. The number of nitrogens with one attached hydrogen (secondary N) is 1. The molecule has 0 spiro atoms. The number of likely N-dealkylation sites (tertiary alicyclic amines) is 1. The van der Waals surface area contributed by atoms with Gasteiger partial charge in [0.15, 0.2) is 0 Å². The van der Waals surface area contributed by atoms with Gasteiger partial charge < -0.3 is 25.6 Å². The standard InChI is InChI=1S/C32H42N6O3/c1-21-10-14-34-19-25(21)20-38(26-6-8-28(41-5)9-7-26)27-12-16-37(17-13-27)23(3)11-15-35-32(40)30-22(2)18-29(31(33)39)36-24(30)4/h6-10,14,18-19,23,27H,11-13,15-17,20H2,1-5H3,(H2,33,39)(H,35,40)/t23-/m1/s1. The van der Waals surface area contributed by atoms with Gasteiger partial charge in [-0.2, -0.15) is 0 Å². The highest BCUT2D eigenvalue weighted by Crippen LogP contribution is 2.29. The van der Waals surface area contributed by atoms with Gasteiger partial charge in [0.25, 0.3) is 11.8 Å². The molecule has 9 heteroatoms. The number of hydrogen-bond donors (Lipinski definition) is 2. The van der Waals surface area contributed by atoms with Crippen LogP contribution in [0.15, 0.2) is 48.8 Å². The summed E-state index contributed by atoms with van der Waals surface area (Å²) in [4.78, 5) is 38.0. The van der Waals surface area contributed by atoms with Crippen LogP contribution in [0.1, 0.15) is 69.4 Å². The third kappa shape index (κ3) is 7.41. The van der Waals surface area contributed by atoms with Gasteiger partial charge in [-0.3, -0.25) is 14.6 Å². The summed E-state index contributed by atoms with van der Waals surface area (Å²) < 4.78 is 5.39. The summed E-state index contributed by atoms with van der Waals surface area (Å²) in [5.74, 6) is 0.0848. The van der Waals surface area contributed by atoms with Gasteiger partial charge in [-0.05, 0) is 100 Å². The van der Waals surface area contributed by atoms with Crippen molar-refractivity contribution in [2.24, 2.45) is 5.73 Å². The van der Waals surface area contributed by atoms with Crippen molar-refractivity contribution in [1.82, 2.24) is 20.2 Å². The molecule has 218 valence electrons. The lowest BCUT2D eigenvalue weighted by atomic mass is 9.99. The molecule has 41 heavy (non-hydrogen) atoms. The number of hydrogen-bond acceptors (Lipinski definition) is 7. The second kappa shape index (κ2) is 13.6. The summed E-state index contributed by atoms with van der Waals surface area (Å²) in [6, 6.07) is 12.7. The first-order valence-corrected chi connectivity index (χ1v) is 14.3. The van der Waals surface area contributed by atoms with Crippen LogP contribution in [0.4, 0.5) is 5.69 Å². The van der Waals surface area contributed by atoms with Crippen molar-refractivity contribution in [3.05, 3.63) is 82.4 Å². The molecule has 0 radical (unpaired) electrons. The lowest BCUT2D eigenvalue weighted by Crippen LogP contribution is -2.48. The fourth-order valence-electron chi connectivity index (χ4n) is 5.66. The molecule has 4 rings (SSSR count). The minimum Gasteiger partial charge on any atom is -0.497 e. The van der Waals surface area contributed by atoms with Crippen LogP contribution in [0.25, 0.3) is 0 Å². The van der Waals surface area contributed by atoms with E-state index < -0.39 is 5.91 Å². The number of aryl methyl sites for hydroxylation is 3. The molecule has 0 saturated carbocycles. The number of nitrogens with zero attached hydrogens (tertiary/aromatic N) is 4. The molecular weight excluding hydrogens is 516 g/mol. The average molecular weight is 559 g/mol. The molecule has 3 aromatic rings. The number of benzene rings is 1. The van der Waals surface area contributed by atoms with Crippen LogP contribution in [0.2, 0.25) is 0 Å². The van der Waals surface area contributed by atoms with E-state index >= 15 is 0 Å². The van der Waals surface area contributed by atoms with E-state index in [0.29, 0.717) is 35.4 Å². The maximum absolute atomic E-state index is 12.9. The molecule has 0 aliphatic carbocycles. The Kier molecular flexibility index (Phi) is 9.94. The summed E-state index contributed by atoms with van der Waals surface area (Å²) >= 11 is 0. The van der Waals surface area contributed by atoms with Gasteiger partial charge in [-0.1, -0.05) is 0 Å². The third-order valence-electron chi connectivity index (χ3n) is 8.18. The first-order valence-electron chi connectivity index (χ1n) is 14.3. The van der Waals surface area contributed by atoms with Crippen LogP contribution in [0.3, 0.4) is 0 Å². The molecule has 1 aliphatic rings. The van der Waals surface area contributed by atoms with Crippen LogP contribution in [0, 0.1) is 20.8 Å². The Morgan fingerprint density at radius 2 is 1.83 bits per heavy atom. The number of carbonyl (C=O) groups excluding carboxylic acids is 2. The molecule has 0 bridgehead atoms. The number of ether oxygens (including phenoxy) is 1. The Morgan fingerprint density at radius 3 is 2.44 bits per heavy atom. The fourth-order valence-corrected chi connectivity index (χ4v) is 5.66. The van der Waals surface area contributed by atoms with Gasteiger partial charge in [-0.25, -0.2) is 4.98 Å². The minimum absolute atomic E-state index is 0.171. The molecule has 9 nitrogen and oxygen atoms in total. The third-order valence-corrected chi connectivity index (χ3v) is 8.18. The van der Waals surface area contributed by atoms with Crippen molar-refractivity contribution in [1.29, 1.82) is 0 Å². The van der Waals surface area contributed by atoms with Crippen LogP contribution in [-0.2, 0) is 6.54 Å².